The summed E-state index contributed by atoms with van der Waals surface area (Å²) in [5.74, 6) is -0.482. The van der Waals surface area contributed by atoms with Gasteiger partial charge in [0.1, 0.15) is 0 Å². The number of hydrogen-bond donors (Lipinski definition) is 1. The zero-order valence-electron chi connectivity index (χ0n) is 15.2. The maximum atomic E-state index is 13.0. The van der Waals surface area contributed by atoms with Crippen molar-refractivity contribution in [2.24, 2.45) is 5.10 Å². The molecule has 2 aromatic carbocycles. The van der Waals surface area contributed by atoms with Gasteiger partial charge in [-0.05, 0) is 50.1 Å². The Hall–Kier alpha value is -2.03. The SMILES string of the molecule is CC(C)=NNC(=O)CN(CCc1ccccc1)S(=O)(=O)c1ccc(Br)cc1. The molecule has 0 heterocycles. The Labute approximate surface area is 168 Å². The summed E-state index contributed by atoms with van der Waals surface area (Å²) in [4.78, 5) is 12.3. The molecule has 0 atom stereocenters. The van der Waals surface area contributed by atoms with Crippen LogP contribution in [0.4, 0.5) is 0 Å². The summed E-state index contributed by atoms with van der Waals surface area (Å²) in [6, 6.07) is 15.9. The molecule has 0 saturated carbocycles. The van der Waals surface area contributed by atoms with Crippen molar-refractivity contribution in [2.75, 3.05) is 13.1 Å². The van der Waals surface area contributed by atoms with Gasteiger partial charge in [0, 0.05) is 16.7 Å². The summed E-state index contributed by atoms with van der Waals surface area (Å²) in [6.07, 6.45) is 0.500. The Morgan fingerprint density at radius 3 is 2.30 bits per heavy atom. The molecular weight excluding hydrogens is 430 g/mol. The summed E-state index contributed by atoms with van der Waals surface area (Å²) in [5, 5.41) is 3.85. The largest absolute Gasteiger partial charge is 0.272 e. The normalized spacial score (nSPS) is 11.3. The molecule has 0 bridgehead atoms. The van der Waals surface area contributed by atoms with E-state index in [-0.39, 0.29) is 18.0 Å². The third-order valence-electron chi connectivity index (χ3n) is 3.67. The predicted octanol–water partition coefficient (Wildman–Crippen LogP) is 3.19. The van der Waals surface area contributed by atoms with Gasteiger partial charge in [-0.2, -0.15) is 9.41 Å². The quantitative estimate of drug-likeness (QED) is 0.494. The highest BCUT2D eigenvalue weighted by Crippen LogP contribution is 2.19. The molecule has 0 radical (unpaired) electrons. The lowest BCUT2D eigenvalue weighted by Gasteiger charge is -2.21. The summed E-state index contributed by atoms with van der Waals surface area (Å²) in [5.41, 5.74) is 4.05. The van der Waals surface area contributed by atoms with Crippen molar-refractivity contribution in [1.82, 2.24) is 9.73 Å². The monoisotopic (exact) mass is 451 g/mol. The van der Waals surface area contributed by atoms with E-state index in [1.54, 1.807) is 26.0 Å². The molecule has 1 N–H and O–H groups in total. The molecule has 144 valence electrons. The van der Waals surface area contributed by atoms with Gasteiger partial charge in [-0.1, -0.05) is 46.3 Å². The van der Waals surface area contributed by atoms with Gasteiger partial charge in [0.2, 0.25) is 10.0 Å². The van der Waals surface area contributed by atoms with Crippen molar-refractivity contribution < 1.29 is 13.2 Å². The maximum Gasteiger partial charge on any atom is 0.255 e. The average Bonchev–Trinajstić information content (AvgIpc) is 2.64. The molecule has 0 saturated heterocycles. The number of halogens is 1. The highest BCUT2D eigenvalue weighted by molar-refractivity contribution is 9.10. The maximum absolute atomic E-state index is 13.0. The van der Waals surface area contributed by atoms with Crippen molar-refractivity contribution in [1.29, 1.82) is 0 Å². The Morgan fingerprint density at radius 1 is 1.07 bits per heavy atom. The van der Waals surface area contributed by atoms with Crippen LogP contribution in [0.5, 0.6) is 0 Å². The Kier molecular flexibility index (Phi) is 7.70. The minimum atomic E-state index is -3.82. The molecule has 6 nitrogen and oxygen atoms in total. The number of benzene rings is 2. The van der Waals surface area contributed by atoms with Gasteiger partial charge in [-0.15, -0.1) is 0 Å². The van der Waals surface area contributed by atoms with Crippen LogP contribution in [0, 0.1) is 0 Å². The first kappa shape index (κ1) is 21.3. The van der Waals surface area contributed by atoms with Crippen molar-refractivity contribution in [3.8, 4) is 0 Å². The van der Waals surface area contributed by atoms with Crippen LogP contribution in [0.2, 0.25) is 0 Å². The van der Waals surface area contributed by atoms with E-state index in [0.717, 1.165) is 10.0 Å². The molecule has 2 aromatic rings. The molecule has 0 unspecified atom stereocenters. The number of carbonyl (C=O) groups is 1. The fourth-order valence-electron chi connectivity index (χ4n) is 2.31. The molecule has 2 rings (SSSR count). The zero-order chi connectivity index (χ0) is 19.9. The van der Waals surface area contributed by atoms with Gasteiger partial charge in [-0.25, -0.2) is 13.8 Å². The van der Waals surface area contributed by atoms with E-state index in [9.17, 15) is 13.2 Å². The second-order valence-corrected chi connectivity index (χ2v) is 8.98. The van der Waals surface area contributed by atoms with Crippen molar-refractivity contribution >= 4 is 37.6 Å². The highest BCUT2D eigenvalue weighted by Gasteiger charge is 2.26. The Balaban J connectivity index is 2.23. The standard InChI is InChI=1S/C19H22BrN3O3S/c1-15(2)21-22-19(24)14-23(13-12-16-6-4-3-5-7-16)27(25,26)18-10-8-17(20)9-11-18/h3-11H,12-14H2,1-2H3,(H,22,24). The third kappa shape index (κ3) is 6.57. The van der Waals surface area contributed by atoms with Gasteiger partial charge in [0.05, 0.1) is 11.4 Å². The topological polar surface area (TPSA) is 78.8 Å². The molecule has 1 amide bonds. The second-order valence-electron chi connectivity index (χ2n) is 6.12. The minimum Gasteiger partial charge on any atom is -0.272 e. The van der Waals surface area contributed by atoms with Gasteiger partial charge in [0.15, 0.2) is 0 Å². The molecule has 0 spiro atoms. The number of nitrogens with zero attached hydrogens (tertiary/aromatic N) is 2. The number of nitrogens with one attached hydrogen (secondary N) is 1. The van der Waals surface area contributed by atoms with Crippen LogP contribution in [-0.4, -0.2) is 37.4 Å². The van der Waals surface area contributed by atoms with E-state index >= 15 is 0 Å². The van der Waals surface area contributed by atoms with Crippen LogP contribution < -0.4 is 5.43 Å². The number of hydrazone groups is 1. The van der Waals surface area contributed by atoms with Crippen LogP contribution >= 0.6 is 15.9 Å². The fourth-order valence-corrected chi connectivity index (χ4v) is 3.97. The Bertz CT molecular complexity index is 894. The molecule has 0 aliphatic carbocycles. The first-order chi connectivity index (χ1) is 12.8. The molecule has 0 aliphatic rings. The summed E-state index contributed by atoms with van der Waals surface area (Å²) >= 11 is 3.30. The van der Waals surface area contributed by atoms with E-state index in [4.69, 9.17) is 0 Å². The smallest absolute Gasteiger partial charge is 0.255 e. The van der Waals surface area contributed by atoms with Crippen LogP contribution in [0.25, 0.3) is 0 Å². The van der Waals surface area contributed by atoms with Crippen molar-refractivity contribution in [2.45, 2.75) is 25.2 Å². The van der Waals surface area contributed by atoms with E-state index in [2.05, 4.69) is 26.5 Å². The van der Waals surface area contributed by atoms with Crippen molar-refractivity contribution in [3.05, 3.63) is 64.6 Å². The van der Waals surface area contributed by atoms with Crippen LogP contribution in [0.3, 0.4) is 0 Å². The van der Waals surface area contributed by atoms with Crippen LogP contribution in [0.1, 0.15) is 19.4 Å². The van der Waals surface area contributed by atoms with E-state index < -0.39 is 15.9 Å². The number of hydrogen-bond acceptors (Lipinski definition) is 4. The molecule has 0 aliphatic heterocycles. The van der Waals surface area contributed by atoms with Gasteiger partial charge >= 0.3 is 0 Å². The summed E-state index contributed by atoms with van der Waals surface area (Å²) in [6.45, 7) is 3.37. The molecule has 0 fully saturated rings. The number of sulfonamides is 1. The first-order valence-corrected chi connectivity index (χ1v) is 10.6. The van der Waals surface area contributed by atoms with Crippen LogP contribution in [-0.2, 0) is 21.2 Å². The van der Waals surface area contributed by atoms with Gasteiger partial charge in [-0.3, -0.25) is 4.79 Å². The Morgan fingerprint density at radius 2 is 1.70 bits per heavy atom. The van der Waals surface area contributed by atoms with Crippen molar-refractivity contribution in [3.63, 3.8) is 0 Å². The number of rotatable bonds is 8. The summed E-state index contributed by atoms with van der Waals surface area (Å²) < 4.78 is 28.0. The summed E-state index contributed by atoms with van der Waals surface area (Å²) in [7, 11) is -3.82. The van der Waals surface area contributed by atoms with E-state index in [1.165, 1.54) is 16.4 Å². The minimum absolute atomic E-state index is 0.140. The average molecular weight is 452 g/mol. The lowest BCUT2D eigenvalue weighted by Crippen LogP contribution is -2.40. The number of carbonyl (C=O) groups excluding carboxylic acids is 1. The predicted molar refractivity (Wildman–Crippen MR) is 110 cm³/mol. The molecule has 8 heteroatoms. The van der Waals surface area contributed by atoms with Crippen LogP contribution in [0.15, 0.2) is 69.1 Å². The molecule has 0 aromatic heterocycles. The van der Waals surface area contributed by atoms with Gasteiger partial charge in [0.25, 0.3) is 5.91 Å². The number of amides is 1. The molecule has 27 heavy (non-hydrogen) atoms. The lowest BCUT2D eigenvalue weighted by molar-refractivity contribution is -0.121. The fraction of sp³-hybridized carbons (Fsp3) is 0.263. The first-order valence-electron chi connectivity index (χ1n) is 8.38. The third-order valence-corrected chi connectivity index (χ3v) is 6.06. The second kappa shape index (κ2) is 9.77. The van der Waals surface area contributed by atoms with Gasteiger partial charge < -0.3 is 0 Å². The van der Waals surface area contributed by atoms with E-state index in [0.29, 0.717) is 12.1 Å². The van der Waals surface area contributed by atoms with E-state index in [1.807, 2.05) is 30.3 Å². The molecular formula is C19H22BrN3O3S. The zero-order valence-corrected chi connectivity index (χ0v) is 17.6. The highest BCUT2D eigenvalue weighted by atomic mass is 79.9. The lowest BCUT2D eigenvalue weighted by atomic mass is 10.1.